The van der Waals surface area contributed by atoms with Gasteiger partial charge in [0.2, 0.25) is 11.8 Å². The lowest BCUT2D eigenvalue weighted by Gasteiger charge is -2.25. The third-order valence-electron chi connectivity index (χ3n) is 4.98. The van der Waals surface area contributed by atoms with Crippen molar-refractivity contribution in [3.63, 3.8) is 0 Å². The average Bonchev–Trinajstić information content (AvgIpc) is 3.18. The van der Waals surface area contributed by atoms with Gasteiger partial charge in [-0.05, 0) is 33.1 Å². The Hall–Kier alpha value is -1.96. The van der Waals surface area contributed by atoms with Crippen LogP contribution in [0.2, 0.25) is 0 Å². The molecule has 2 saturated heterocycles. The van der Waals surface area contributed by atoms with E-state index < -0.39 is 5.54 Å². The highest BCUT2D eigenvalue weighted by atomic mass is 16.4. The predicted molar refractivity (Wildman–Crippen MR) is 90.7 cm³/mol. The molecule has 0 aliphatic carbocycles. The van der Waals surface area contributed by atoms with Crippen LogP contribution >= 0.6 is 0 Å². The van der Waals surface area contributed by atoms with E-state index in [4.69, 9.17) is 4.42 Å². The van der Waals surface area contributed by atoms with Crippen LogP contribution in [-0.2, 0) is 11.2 Å². The molecule has 3 heterocycles. The first-order chi connectivity index (χ1) is 11.7. The van der Waals surface area contributed by atoms with Gasteiger partial charge in [-0.1, -0.05) is 13.8 Å². The highest BCUT2D eigenvalue weighted by molar-refractivity contribution is 6.07. The van der Waals surface area contributed by atoms with Crippen LogP contribution in [0.4, 0.5) is 4.79 Å². The largest absolute Gasteiger partial charge is 0.424 e. The number of likely N-dealkylation sites (tertiary alicyclic amines) is 1. The molecule has 2 aliphatic heterocycles. The molecule has 0 unspecified atom stereocenters. The van der Waals surface area contributed by atoms with Crippen LogP contribution in [0.25, 0.3) is 0 Å². The minimum Gasteiger partial charge on any atom is -0.424 e. The van der Waals surface area contributed by atoms with E-state index in [9.17, 15) is 9.59 Å². The van der Waals surface area contributed by atoms with Crippen molar-refractivity contribution in [1.29, 1.82) is 0 Å². The fourth-order valence-corrected chi connectivity index (χ4v) is 3.58. The zero-order chi connectivity index (χ0) is 18.4. The molecule has 0 aromatic carbocycles. The second-order valence-corrected chi connectivity index (χ2v) is 7.81. The first-order valence-electron chi connectivity index (χ1n) is 8.95. The fourth-order valence-electron chi connectivity index (χ4n) is 3.58. The van der Waals surface area contributed by atoms with E-state index >= 15 is 0 Å². The van der Waals surface area contributed by atoms with E-state index in [1.807, 2.05) is 20.8 Å². The quantitative estimate of drug-likeness (QED) is 0.814. The van der Waals surface area contributed by atoms with Gasteiger partial charge in [-0.2, -0.15) is 0 Å². The Morgan fingerprint density at radius 1 is 1.20 bits per heavy atom. The van der Waals surface area contributed by atoms with Gasteiger partial charge in [-0.3, -0.25) is 14.6 Å². The Morgan fingerprint density at radius 2 is 1.92 bits per heavy atom. The summed E-state index contributed by atoms with van der Waals surface area (Å²) in [4.78, 5) is 28.4. The maximum absolute atomic E-state index is 12.8. The molecule has 138 valence electrons. The van der Waals surface area contributed by atoms with Crippen molar-refractivity contribution in [3.05, 3.63) is 11.8 Å². The summed E-state index contributed by atoms with van der Waals surface area (Å²) in [7, 11) is 0. The molecular weight excluding hydrogens is 322 g/mol. The maximum Gasteiger partial charge on any atom is 0.325 e. The third-order valence-corrected chi connectivity index (χ3v) is 4.98. The summed E-state index contributed by atoms with van der Waals surface area (Å²) in [5.41, 5.74) is -0.823. The molecule has 1 aromatic rings. The number of imide groups is 1. The molecule has 2 atom stereocenters. The number of nitrogens with one attached hydrogen (secondary N) is 1. The Labute approximate surface area is 147 Å². The van der Waals surface area contributed by atoms with E-state index in [2.05, 4.69) is 34.3 Å². The van der Waals surface area contributed by atoms with Gasteiger partial charge in [0.25, 0.3) is 5.91 Å². The minimum absolute atomic E-state index is 0.0920. The van der Waals surface area contributed by atoms with Crippen LogP contribution in [0.15, 0.2) is 4.42 Å². The second kappa shape index (κ2) is 6.40. The van der Waals surface area contributed by atoms with Gasteiger partial charge in [0.05, 0.1) is 6.04 Å². The van der Waals surface area contributed by atoms with Crippen molar-refractivity contribution in [1.82, 2.24) is 25.3 Å². The zero-order valence-electron chi connectivity index (χ0n) is 15.6. The van der Waals surface area contributed by atoms with E-state index in [0.717, 1.165) is 6.42 Å². The van der Waals surface area contributed by atoms with Gasteiger partial charge in [-0.15, -0.1) is 10.2 Å². The molecule has 1 aromatic heterocycles. The molecule has 0 bridgehead atoms. The van der Waals surface area contributed by atoms with Crippen molar-refractivity contribution in [2.45, 2.75) is 65.1 Å². The number of hydrogen-bond acceptors (Lipinski definition) is 6. The van der Waals surface area contributed by atoms with Crippen molar-refractivity contribution < 1.29 is 14.0 Å². The molecule has 0 radical (unpaired) electrons. The molecule has 1 N–H and O–H groups in total. The molecule has 25 heavy (non-hydrogen) atoms. The van der Waals surface area contributed by atoms with Crippen molar-refractivity contribution in [2.75, 3.05) is 13.1 Å². The molecule has 1 spiro atoms. The second-order valence-electron chi connectivity index (χ2n) is 7.81. The van der Waals surface area contributed by atoms with Crippen LogP contribution in [0.5, 0.6) is 0 Å². The number of amides is 3. The first-order valence-corrected chi connectivity index (χ1v) is 8.95. The highest BCUT2D eigenvalue weighted by Gasteiger charge is 2.56. The first kappa shape index (κ1) is 17.8. The Morgan fingerprint density at radius 3 is 2.52 bits per heavy atom. The Kier molecular flexibility index (Phi) is 4.57. The SMILES string of the molecule is CC(C)Cc1nnc([C@H](C)N2CC[C@@]3(C2)NC(=O)N(C(C)C)C3=O)o1. The number of rotatable bonds is 5. The normalized spacial score (nSPS) is 25.6. The number of nitrogens with zero attached hydrogens (tertiary/aromatic N) is 4. The molecule has 2 aliphatic rings. The van der Waals surface area contributed by atoms with Crippen LogP contribution in [0.3, 0.4) is 0 Å². The minimum atomic E-state index is -0.823. The van der Waals surface area contributed by atoms with Crippen molar-refractivity contribution >= 4 is 11.9 Å². The number of urea groups is 1. The highest BCUT2D eigenvalue weighted by Crippen LogP contribution is 2.34. The summed E-state index contributed by atoms with van der Waals surface area (Å²) in [6.45, 7) is 11.1. The van der Waals surface area contributed by atoms with Gasteiger partial charge in [0.15, 0.2) is 0 Å². The fraction of sp³-hybridized carbons (Fsp3) is 0.765. The van der Waals surface area contributed by atoms with Gasteiger partial charge in [0, 0.05) is 25.6 Å². The van der Waals surface area contributed by atoms with Gasteiger partial charge in [0.1, 0.15) is 5.54 Å². The lowest BCUT2D eigenvalue weighted by Crippen LogP contribution is -2.49. The molecule has 2 fully saturated rings. The van der Waals surface area contributed by atoms with Crippen molar-refractivity contribution in [3.8, 4) is 0 Å². The van der Waals surface area contributed by atoms with E-state index in [1.165, 1.54) is 4.90 Å². The number of carbonyl (C=O) groups excluding carboxylic acids is 2. The third kappa shape index (κ3) is 3.15. The van der Waals surface area contributed by atoms with Gasteiger partial charge < -0.3 is 9.73 Å². The van der Waals surface area contributed by atoms with Gasteiger partial charge >= 0.3 is 6.03 Å². The molecular formula is C17H27N5O3. The van der Waals surface area contributed by atoms with E-state index in [0.29, 0.717) is 37.2 Å². The number of hydrogen-bond donors (Lipinski definition) is 1. The maximum atomic E-state index is 12.8. The Bertz CT molecular complexity index is 671. The molecule has 0 saturated carbocycles. The van der Waals surface area contributed by atoms with Crippen LogP contribution in [0, 0.1) is 5.92 Å². The Balaban J connectivity index is 1.71. The number of aromatic nitrogens is 2. The summed E-state index contributed by atoms with van der Waals surface area (Å²) < 4.78 is 5.78. The summed E-state index contributed by atoms with van der Waals surface area (Å²) in [5.74, 6) is 1.52. The monoisotopic (exact) mass is 349 g/mol. The summed E-state index contributed by atoms with van der Waals surface area (Å²) in [5, 5.41) is 11.2. The average molecular weight is 349 g/mol. The summed E-state index contributed by atoms with van der Waals surface area (Å²) in [6, 6.07) is -0.537. The molecule has 8 nitrogen and oxygen atoms in total. The summed E-state index contributed by atoms with van der Waals surface area (Å²) in [6.07, 6.45) is 1.35. The standard InChI is InChI=1S/C17H27N5O3/c1-10(2)8-13-19-20-14(25-13)12(5)21-7-6-17(9-21)15(23)22(11(3)4)16(24)18-17/h10-12H,6-9H2,1-5H3,(H,18,24)/t12-,17-/m0/s1. The van der Waals surface area contributed by atoms with Gasteiger partial charge in [-0.25, -0.2) is 4.79 Å². The van der Waals surface area contributed by atoms with E-state index in [1.54, 1.807) is 0 Å². The molecule has 3 amide bonds. The number of carbonyl (C=O) groups is 2. The lowest BCUT2D eigenvalue weighted by molar-refractivity contribution is -0.132. The summed E-state index contributed by atoms with van der Waals surface area (Å²) >= 11 is 0. The topological polar surface area (TPSA) is 91.6 Å². The van der Waals surface area contributed by atoms with E-state index in [-0.39, 0.29) is 24.0 Å². The lowest BCUT2D eigenvalue weighted by atomic mass is 9.98. The van der Waals surface area contributed by atoms with Crippen LogP contribution in [0.1, 0.15) is 58.9 Å². The van der Waals surface area contributed by atoms with Crippen LogP contribution < -0.4 is 5.32 Å². The molecule has 3 rings (SSSR count). The van der Waals surface area contributed by atoms with Crippen LogP contribution in [-0.4, -0.2) is 56.6 Å². The predicted octanol–water partition coefficient (Wildman–Crippen LogP) is 1.73. The molecule has 8 heteroatoms. The zero-order valence-corrected chi connectivity index (χ0v) is 15.6. The smallest absolute Gasteiger partial charge is 0.325 e. The van der Waals surface area contributed by atoms with Crippen molar-refractivity contribution in [2.24, 2.45) is 5.92 Å².